The van der Waals surface area contributed by atoms with Crippen LogP contribution in [-0.4, -0.2) is 240 Å². The number of fused-ring (bicyclic) bond motifs is 6. The van der Waals surface area contributed by atoms with Gasteiger partial charge in [0.15, 0.2) is 11.6 Å². The minimum Gasteiger partial charge on any atom is -0.453 e. The molecule has 28 nitrogen and oxygen atoms in total. The van der Waals surface area contributed by atoms with Crippen LogP contribution in [0.3, 0.4) is 0 Å². The topological polar surface area (TPSA) is 307 Å². The number of nitrogens with one attached hydrogen (secondary N) is 3. The molecule has 0 saturated carbocycles. The summed E-state index contributed by atoms with van der Waals surface area (Å²) in [6.07, 6.45) is 8.73. The van der Waals surface area contributed by atoms with Crippen LogP contribution in [0.5, 0.6) is 0 Å². The Hall–Kier alpha value is -9.31. The molecular weight excluding hydrogens is 1810 g/mol. The average Bonchev–Trinajstić information content (AvgIpc) is 1.61. The largest absolute Gasteiger partial charge is 0.453 e. The number of imidazole rings is 1. The maximum Gasteiger partial charge on any atom is 0.435 e. The highest BCUT2D eigenvalue weighted by Gasteiger charge is 2.62. The molecule has 8 saturated heterocycles. The number of methoxy groups -OCH3 is 2. The summed E-state index contributed by atoms with van der Waals surface area (Å²) in [6, 6.07) is 35.5. The van der Waals surface area contributed by atoms with Crippen molar-refractivity contribution in [1.29, 1.82) is 0 Å². The maximum atomic E-state index is 14.0. The quantitative estimate of drug-likeness (QED) is 0.0673. The summed E-state index contributed by atoms with van der Waals surface area (Å²) in [5.74, 6) is -1.86. The smallest absolute Gasteiger partial charge is 0.435 e. The van der Waals surface area contributed by atoms with Crippen molar-refractivity contribution in [3.05, 3.63) is 153 Å². The fourth-order valence-corrected chi connectivity index (χ4v) is 19.7. The highest BCUT2D eigenvalue weighted by molar-refractivity contribution is 9.10. The second-order valence-corrected chi connectivity index (χ2v) is 42.6. The Balaban J connectivity index is 0.000000148. The SMILES string of the molecule is CC(C)(C)OC(=O)N1CCC[C@H]1C1=Nc2ccc3cc(Br)ccc3c2C1.CC1(C)[B]B(B2OC(C)(C)C(C)(C)O2)OC1(C)C.COC(=O)N[C@H](C(=O)N1CC2(C[C@H]1C1=NC=C(c3ccc(Br)cc3)C1)OCCO2)C(C)C.COC(=O)N[C@H](C(=O)N1CC2(C[C@H]1c1ncc(-c3ccc(-c4ccc5c6c(ccc5c4)N=C([C@@H]4CCCN4C(=O)OC(C)(C)C)C6)cc3)[nH]1)OCCO2)C(C)C. The van der Waals surface area contributed by atoms with Crippen molar-refractivity contribution < 1.29 is 80.6 Å². The lowest BCUT2D eigenvalue weighted by molar-refractivity contribution is -0.153. The molecule has 0 bridgehead atoms. The number of aliphatic imine (C=N–C) groups is 3. The molecule has 2 spiro atoms. The molecule has 6 aromatic carbocycles. The van der Waals surface area contributed by atoms with Crippen molar-refractivity contribution in [2.24, 2.45) is 26.8 Å². The van der Waals surface area contributed by atoms with Gasteiger partial charge in [-0.3, -0.25) is 34.4 Å². The fraction of sp³-hybridized carbons (Fsp3) is 0.535. The van der Waals surface area contributed by atoms with Gasteiger partial charge in [0.2, 0.25) is 11.8 Å². The lowest BCUT2D eigenvalue weighted by Gasteiger charge is -2.35. The Kier molecular flexibility index (Phi) is 28.3. The molecule has 11 aliphatic rings. The molecule has 701 valence electrons. The van der Waals surface area contributed by atoms with Gasteiger partial charge in [0.25, 0.3) is 6.70 Å². The minimum absolute atomic E-state index is 0.0151. The molecule has 7 aromatic rings. The third kappa shape index (κ3) is 21.0. The van der Waals surface area contributed by atoms with Crippen LogP contribution in [0.25, 0.3) is 49.5 Å². The van der Waals surface area contributed by atoms with Crippen LogP contribution < -0.4 is 10.6 Å². The summed E-state index contributed by atoms with van der Waals surface area (Å²) in [7, 11) is 4.47. The first-order chi connectivity index (χ1) is 62.3. The van der Waals surface area contributed by atoms with E-state index < -0.39 is 53.1 Å². The monoisotopic (exact) mass is 1930 g/mol. The molecule has 18 rings (SSSR count). The van der Waals surface area contributed by atoms with Crippen LogP contribution in [0.1, 0.15) is 198 Å². The number of alkyl carbamates (subject to hydrolysis) is 2. The number of aromatic amines is 1. The zero-order chi connectivity index (χ0) is 94.7. The Morgan fingerprint density at radius 2 is 0.977 bits per heavy atom. The van der Waals surface area contributed by atoms with E-state index in [0.29, 0.717) is 71.0 Å². The Labute approximate surface area is 793 Å². The first-order valence-electron chi connectivity index (χ1n) is 46.2. The first kappa shape index (κ1) is 97.2. The zero-order valence-corrected chi connectivity index (χ0v) is 82.9. The number of likely N-dealkylation sites (tertiary alicyclic amines) is 4. The molecular formula is C99H125B3Br2N11O17. The number of rotatable bonds is 14. The van der Waals surface area contributed by atoms with Crippen LogP contribution in [0.15, 0.2) is 146 Å². The number of hydrogen-bond donors (Lipinski definition) is 3. The predicted molar refractivity (Wildman–Crippen MR) is 520 cm³/mol. The number of benzene rings is 6. The van der Waals surface area contributed by atoms with Gasteiger partial charge < -0.3 is 77.3 Å². The molecule has 1 aromatic heterocycles. The maximum absolute atomic E-state index is 14.0. The van der Waals surface area contributed by atoms with Crippen LogP contribution >= 0.6 is 31.9 Å². The summed E-state index contributed by atoms with van der Waals surface area (Å²) in [4.78, 5) is 107. The molecule has 12 heterocycles. The van der Waals surface area contributed by atoms with Gasteiger partial charge in [-0.15, -0.1) is 0 Å². The van der Waals surface area contributed by atoms with Crippen molar-refractivity contribution in [3.8, 4) is 22.4 Å². The molecule has 8 fully saturated rings. The van der Waals surface area contributed by atoms with Gasteiger partial charge in [0, 0.05) is 83.1 Å². The summed E-state index contributed by atoms with van der Waals surface area (Å²) in [5, 5.41) is 10.2. The number of halogens is 2. The fourth-order valence-electron chi connectivity index (χ4n) is 19.1. The van der Waals surface area contributed by atoms with E-state index in [4.69, 9.17) is 71.8 Å². The van der Waals surface area contributed by atoms with Gasteiger partial charge in [-0.05, 0) is 229 Å². The predicted octanol–water partition coefficient (Wildman–Crippen LogP) is 18.7. The number of carbonyl (C=O) groups excluding carboxylic acids is 6. The highest BCUT2D eigenvalue weighted by Crippen LogP contribution is 2.50. The average molecular weight is 1930 g/mol. The lowest BCUT2D eigenvalue weighted by atomic mass is 9.11. The molecule has 132 heavy (non-hydrogen) atoms. The molecule has 33 heteroatoms. The highest BCUT2D eigenvalue weighted by atomic mass is 79.9. The van der Waals surface area contributed by atoms with Gasteiger partial charge in [-0.1, -0.05) is 140 Å². The number of H-pyrrole nitrogens is 1. The van der Waals surface area contributed by atoms with Crippen molar-refractivity contribution in [2.75, 3.05) is 66.8 Å². The van der Waals surface area contributed by atoms with Crippen molar-refractivity contribution in [1.82, 2.24) is 40.2 Å². The number of nitrogens with zero attached hydrogens (tertiary/aromatic N) is 8. The van der Waals surface area contributed by atoms with Gasteiger partial charge in [0.05, 0.1) is 112 Å². The first-order valence-corrected chi connectivity index (χ1v) is 47.7. The van der Waals surface area contributed by atoms with Gasteiger partial charge >= 0.3 is 31.4 Å². The van der Waals surface area contributed by atoms with Gasteiger partial charge in [0.1, 0.15) is 36.3 Å². The third-order valence-electron chi connectivity index (χ3n) is 27.4. The van der Waals surface area contributed by atoms with E-state index in [2.05, 4.69) is 195 Å². The van der Waals surface area contributed by atoms with E-state index in [1.165, 1.54) is 41.5 Å². The van der Waals surface area contributed by atoms with Crippen LogP contribution in [0.2, 0.25) is 5.31 Å². The second-order valence-electron chi connectivity index (χ2n) is 40.8. The van der Waals surface area contributed by atoms with Gasteiger partial charge in [-0.25, -0.2) is 24.2 Å². The molecule has 6 atom stereocenters. The second kappa shape index (κ2) is 38.5. The minimum atomic E-state index is -0.921. The van der Waals surface area contributed by atoms with E-state index in [-0.39, 0.29) is 96.3 Å². The van der Waals surface area contributed by atoms with Crippen molar-refractivity contribution in [3.63, 3.8) is 0 Å². The Bertz CT molecular complexity index is 5570. The zero-order valence-electron chi connectivity index (χ0n) is 79.7. The van der Waals surface area contributed by atoms with E-state index in [9.17, 15) is 28.8 Å². The number of hydrogen-bond acceptors (Lipinski definition) is 21. The lowest BCUT2D eigenvalue weighted by Crippen LogP contribution is -2.54. The molecule has 0 aliphatic carbocycles. The van der Waals surface area contributed by atoms with Crippen LogP contribution in [0.4, 0.5) is 30.6 Å². The van der Waals surface area contributed by atoms with E-state index >= 15 is 0 Å². The summed E-state index contributed by atoms with van der Waals surface area (Å²) >= 11 is 7.01. The summed E-state index contributed by atoms with van der Waals surface area (Å²) < 4.78 is 65.1. The third-order valence-corrected chi connectivity index (χ3v) is 28.4. The number of carbonyl (C=O) groups is 6. The normalized spacial score (nSPS) is 22.5. The van der Waals surface area contributed by atoms with Crippen molar-refractivity contribution >= 4 is 145 Å². The van der Waals surface area contributed by atoms with Gasteiger partial charge in [-0.2, -0.15) is 0 Å². The number of allylic oxidation sites excluding steroid dienone is 1. The number of amides is 6. The Morgan fingerprint density at radius 3 is 1.45 bits per heavy atom. The number of ether oxygens (including phenoxy) is 8. The summed E-state index contributed by atoms with van der Waals surface area (Å²) in [6.45, 7) is 39.6. The number of aromatic nitrogens is 2. The summed E-state index contributed by atoms with van der Waals surface area (Å²) in [5.41, 5.74) is 11.8. The van der Waals surface area contributed by atoms with E-state index in [1.54, 1.807) is 16.0 Å². The van der Waals surface area contributed by atoms with Crippen LogP contribution in [-0.2, 0) is 74.3 Å². The molecule has 0 unspecified atom stereocenters. The molecule has 6 amide bonds. The van der Waals surface area contributed by atoms with Crippen molar-refractivity contribution in [2.45, 2.75) is 264 Å². The Morgan fingerprint density at radius 1 is 0.523 bits per heavy atom. The van der Waals surface area contributed by atoms with E-state index in [0.717, 1.165) is 115 Å². The standard InChI is InChI=1S/C43H50N6O7.C23H28BrN3O5.C21H23BrN2O2.C12H24B3O3/c1-25(2)37(47-40(51)53-6)39(50)49-24-43(54-18-19-55-43)22-36(49)38-44-23-34(46-38)27-11-9-26(10-12-27)28-13-15-30-29(20-28)14-16-32-31(30)21-33(45-32)35-8-7-17-48(35)41(52)56-42(3,4)5;1-14(2)20(26-22(29)30-3)21(28)27-13-23(31-8-9-32-23)11-19(27)18-10-16(12-25-18)15-4-6-17(24)7-5-15;1-21(2,3)26-20(25)24-10-4-5-19(24)18-12-16-15-8-7-14(22)11-13(15)6-9-17(16)23-18;1-9(2)10(3,4)16-14(13-9)15-17-11(5,6)12(7,8)18-15/h9-16,20,23,25,35-37H,7-8,17-19,21-22,24H2,1-6H3,(H,44,46)(H,47,51);4-7,12,14,19-20H,8-11,13H2,1-3H3,(H,26,29);6-9,11,19H,4-5,10,12H2,1-3H3;1-8H3/t35-,36-,37-;19-,20-;19-;/m000./s1. The van der Waals surface area contributed by atoms with E-state index in [1.807, 2.05) is 110 Å². The molecule has 1 radical (unpaired) electrons. The molecule has 3 N–H and O–H groups in total. The molecule has 11 aliphatic heterocycles. The van der Waals surface area contributed by atoms with Crippen LogP contribution in [0, 0.1) is 11.8 Å².